The van der Waals surface area contributed by atoms with E-state index in [4.69, 9.17) is 18.5 Å². The molecule has 0 heterocycles. The van der Waals surface area contributed by atoms with Crippen LogP contribution in [0.4, 0.5) is 0 Å². The van der Waals surface area contributed by atoms with E-state index < -0.39 is 13.9 Å². The first kappa shape index (κ1) is 51.2. The molecule has 1 N–H and O–H groups in total. The van der Waals surface area contributed by atoms with E-state index in [1.54, 1.807) is 0 Å². The van der Waals surface area contributed by atoms with Gasteiger partial charge < -0.3 is 18.9 Å². The van der Waals surface area contributed by atoms with Crippen LogP contribution in [-0.4, -0.2) is 75.6 Å². The van der Waals surface area contributed by atoms with E-state index in [0.29, 0.717) is 24.1 Å². The van der Waals surface area contributed by atoms with E-state index in [0.717, 1.165) is 83.5 Å². The van der Waals surface area contributed by atoms with Crippen molar-refractivity contribution in [2.75, 3.05) is 54.1 Å². The zero-order valence-electron chi connectivity index (χ0n) is 34.7. The summed E-state index contributed by atoms with van der Waals surface area (Å²) in [4.78, 5) is 22.8. The second-order valence-electron chi connectivity index (χ2n) is 15.0. The summed E-state index contributed by atoms with van der Waals surface area (Å²) >= 11 is 0. The normalized spacial score (nSPS) is 14.5. The van der Waals surface area contributed by atoms with Gasteiger partial charge in [0.15, 0.2) is 0 Å². The SMILES string of the molecule is CC/C=C\C/C=C\C/C=C\C/C=C\C/C=C\CCCCCCCC(=O)OC(COCCCCCCCCCCCC)COP(=O)(O)OCC[N+](C)(C)C. The van der Waals surface area contributed by atoms with Crippen molar-refractivity contribution in [3.63, 3.8) is 0 Å². The highest BCUT2D eigenvalue weighted by atomic mass is 31.2. The van der Waals surface area contributed by atoms with Crippen molar-refractivity contribution in [1.29, 1.82) is 0 Å². The van der Waals surface area contributed by atoms with Gasteiger partial charge in [-0.1, -0.05) is 152 Å². The quantitative estimate of drug-likeness (QED) is 0.0220. The first-order chi connectivity index (χ1) is 25.6. The van der Waals surface area contributed by atoms with Gasteiger partial charge in [0.1, 0.15) is 19.3 Å². The summed E-state index contributed by atoms with van der Waals surface area (Å²) in [6.45, 7) is 5.46. The van der Waals surface area contributed by atoms with Crippen molar-refractivity contribution in [2.24, 2.45) is 0 Å². The maximum absolute atomic E-state index is 12.7. The van der Waals surface area contributed by atoms with Crippen molar-refractivity contribution in [3.8, 4) is 0 Å². The fourth-order valence-electron chi connectivity index (χ4n) is 5.34. The molecule has 0 aliphatic rings. The minimum Gasteiger partial charge on any atom is -0.457 e. The summed E-state index contributed by atoms with van der Waals surface area (Å²) in [6, 6.07) is 0. The van der Waals surface area contributed by atoms with Crippen LogP contribution in [0.15, 0.2) is 60.8 Å². The molecule has 0 aromatic rings. The molecule has 0 aromatic heterocycles. The Bertz CT molecular complexity index is 1030. The second-order valence-corrected chi connectivity index (χ2v) is 16.4. The van der Waals surface area contributed by atoms with Gasteiger partial charge in [0.05, 0.1) is 34.4 Å². The van der Waals surface area contributed by atoms with Crippen LogP contribution in [0.5, 0.6) is 0 Å². The van der Waals surface area contributed by atoms with Crippen LogP contribution in [0.2, 0.25) is 0 Å². The topological polar surface area (TPSA) is 91.3 Å². The van der Waals surface area contributed by atoms with Crippen LogP contribution in [0.3, 0.4) is 0 Å². The molecule has 0 saturated heterocycles. The Labute approximate surface area is 326 Å². The molecule has 0 aliphatic heterocycles. The number of unbranched alkanes of at least 4 members (excludes halogenated alkanes) is 14. The lowest BCUT2D eigenvalue weighted by Crippen LogP contribution is -2.37. The highest BCUT2D eigenvalue weighted by Gasteiger charge is 2.26. The number of allylic oxidation sites excluding steroid dienone is 10. The standard InChI is InChI=1S/C44H80NO7P/c1-6-8-10-12-14-16-18-19-20-21-22-23-24-25-26-27-28-29-31-33-35-37-44(46)52-43(42-51-53(47,48)50-40-38-45(3,4)5)41-49-39-36-34-32-30-17-15-13-11-9-7-2/h8,10,14,16,19-20,22-23,25-26,43H,6-7,9,11-13,15,17-18,21,24,27-42H2,1-5H3/p+1/b10-8-,16-14-,20-19-,23-22-,26-25-. The molecule has 0 rings (SSSR count). The Balaban J connectivity index is 4.26. The minimum absolute atomic E-state index is 0.0826. The van der Waals surface area contributed by atoms with Crippen LogP contribution in [0.25, 0.3) is 0 Å². The van der Waals surface area contributed by atoms with Crippen LogP contribution in [-0.2, 0) is 27.9 Å². The number of ether oxygens (including phenoxy) is 2. The van der Waals surface area contributed by atoms with Crippen molar-refractivity contribution in [2.45, 2.75) is 161 Å². The number of esters is 1. The molecule has 0 amide bonds. The molecule has 0 aliphatic carbocycles. The lowest BCUT2D eigenvalue weighted by atomic mass is 10.1. The molecule has 2 unspecified atom stereocenters. The lowest BCUT2D eigenvalue weighted by Gasteiger charge is -2.24. The molecule has 0 radical (unpaired) electrons. The van der Waals surface area contributed by atoms with Crippen LogP contribution in [0, 0.1) is 0 Å². The summed E-state index contributed by atoms with van der Waals surface area (Å²) in [5, 5.41) is 0. The van der Waals surface area contributed by atoms with Crippen LogP contribution in [0.1, 0.15) is 155 Å². The van der Waals surface area contributed by atoms with Gasteiger partial charge in [0, 0.05) is 13.0 Å². The van der Waals surface area contributed by atoms with Crippen molar-refractivity contribution in [3.05, 3.63) is 60.8 Å². The summed E-state index contributed by atoms with van der Waals surface area (Å²) in [6.07, 6.45) is 45.3. The fraction of sp³-hybridized carbons (Fsp3) is 0.750. The van der Waals surface area contributed by atoms with Crippen molar-refractivity contribution < 1.29 is 37.3 Å². The number of carbonyl (C=O) groups excluding carboxylic acids is 1. The third kappa shape index (κ3) is 41.2. The molecule has 308 valence electrons. The van der Waals surface area contributed by atoms with Gasteiger partial charge >= 0.3 is 13.8 Å². The number of phosphoric ester groups is 1. The number of quaternary nitrogens is 1. The first-order valence-electron chi connectivity index (χ1n) is 21.0. The smallest absolute Gasteiger partial charge is 0.457 e. The van der Waals surface area contributed by atoms with E-state index in [-0.39, 0.29) is 25.8 Å². The van der Waals surface area contributed by atoms with Gasteiger partial charge in [-0.15, -0.1) is 0 Å². The number of likely N-dealkylation sites (N-methyl/N-ethyl adjacent to an activating group) is 1. The number of phosphoric acid groups is 1. The summed E-state index contributed by atoms with van der Waals surface area (Å²) in [7, 11) is 1.65. The van der Waals surface area contributed by atoms with Gasteiger partial charge in [-0.05, 0) is 57.8 Å². The fourth-order valence-corrected chi connectivity index (χ4v) is 6.08. The molecule has 2 atom stereocenters. The van der Waals surface area contributed by atoms with Crippen LogP contribution >= 0.6 is 7.82 Å². The number of hydrogen-bond acceptors (Lipinski definition) is 6. The van der Waals surface area contributed by atoms with Gasteiger partial charge in [0.25, 0.3) is 0 Å². The summed E-state index contributed by atoms with van der Waals surface area (Å²) in [5.41, 5.74) is 0. The Morgan fingerprint density at radius 3 is 1.64 bits per heavy atom. The third-order valence-corrected chi connectivity index (χ3v) is 9.58. The van der Waals surface area contributed by atoms with Gasteiger partial charge in [-0.2, -0.15) is 0 Å². The molecule has 53 heavy (non-hydrogen) atoms. The molecule has 0 aromatic carbocycles. The average Bonchev–Trinajstić information content (AvgIpc) is 3.11. The van der Waals surface area contributed by atoms with E-state index >= 15 is 0 Å². The predicted octanol–water partition coefficient (Wildman–Crippen LogP) is 12.2. The number of nitrogens with zero attached hydrogens (tertiary/aromatic N) is 1. The Morgan fingerprint density at radius 1 is 0.604 bits per heavy atom. The van der Waals surface area contributed by atoms with Crippen molar-refractivity contribution in [1.82, 2.24) is 0 Å². The second kappa shape index (κ2) is 37.1. The monoisotopic (exact) mass is 767 g/mol. The predicted molar refractivity (Wildman–Crippen MR) is 224 cm³/mol. The molecule has 9 heteroatoms. The summed E-state index contributed by atoms with van der Waals surface area (Å²) in [5.74, 6) is -0.335. The molecule has 0 bridgehead atoms. The zero-order valence-corrected chi connectivity index (χ0v) is 35.6. The Kier molecular flexibility index (Phi) is 35.9. The highest BCUT2D eigenvalue weighted by Crippen LogP contribution is 2.43. The van der Waals surface area contributed by atoms with Crippen molar-refractivity contribution >= 4 is 13.8 Å². The zero-order chi connectivity index (χ0) is 39.1. The van der Waals surface area contributed by atoms with E-state index in [2.05, 4.69) is 74.6 Å². The lowest BCUT2D eigenvalue weighted by molar-refractivity contribution is -0.870. The van der Waals surface area contributed by atoms with E-state index in [1.807, 2.05) is 21.1 Å². The molecule has 0 spiro atoms. The Morgan fingerprint density at radius 2 is 1.09 bits per heavy atom. The largest absolute Gasteiger partial charge is 0.472 e. The Hall–Kier alpha value is -1.80. The molecule has 0 saturated carbocycles. The highest BCUT2D eigenvalue weighted by molar-refractivity contribution is 7.47. The third-order valence-electron chi connectivity index (χ3n) is 8.59. The first-order valence-corrected chi connectivity index (χ1v) is 22.5. The molecule has 8 nitrogen and oxygen atoms in total. The van der Waals surface area contributed by atoms with E-state index in [9.17, 15) is 14.3 Å². The number of rotatable bonds is 38. The molecular formula is C44H81NO7P+. The number of hydrogen-bond donors (Lipinski definition) is 1. The van der Waals surface area contributed by atoms with E-state index in [1.165, 1.54) is 51.4 Å². The van der Waals surface area contributed by atoms with Gasteiger partial charge in [-0.3, -0.25) is 13.8 Å². The van der Waals surface area contributed by atoms with Gasteiger partial charge in [-0.25, -0.2) is 4.57 Å². The van der Waals surface area contributed by atoms with Crippen LogP contribution < -0.4 is 0 Å². The number of carbonyl (C=O) groups is 1. The minimum atomic E-state index is -4.28. The van der Waals surface area contributed by atoms with Gasteiger partial charge in [0.2, 0.25) is 0 Å². The molecule has 0 fully saturated rings. The molecular weight excluding hydrogens is 685 g/mol. The maximum Gasteiger partial charge on any atom is 0.472 e. The maximum atomic E-state index is 12.7. The average molecular weight is 767 g/mol. The summed E-state index contributed by atoms with van der Waals surface area (Å²) < 4.78 is 34.9.